The van der Waals surface area contributed by atoms with Gasteiger partial charge in [-0.2, -0.15) is 4.31 Å². The van der Waals surface area contributed by atoms with Crippen LogP contribution in [0.4, 0.5) is 0 Å². The third-order valence-electron chi connectivity index (χ3n) is 3.41. The Bertz CT molecular complexity index is 507. The van der Waals surface area contributed by atoms with E-state index in [1.807, 2.05) is 0 Å². The van der Waals surface area contributed by atoms with Crippen LogP contribution in [0.15, 0.2) is 11.2 Å². The molecule has 7 heteroatoms. The van der Waals surface area contributed by atoms with E-state index in [2.05, 4.69) is 20.9 Å². The van der Waals surface area contributed by atoms with Crippen molar-refractivity contribution in [1.82, 2.24) is 13.9 Å². The molecule has 0 bridgehead atoms. The van der Waals surface area contributed by atoms with E-state index in [0.29, 0.717) is 17.7 Å². The van der Waals surface area contributed by atoms with Crippen LogP contribution >= 0.6 is 15.9 Å². The lowest BCUT2D eigenvalue weighted by Crippen LogP contribution is -2.44. The number of imidazole rings is 1. The molecule has 102 valence electrons. The van der Waals surface area contributed by atoms with Gasteiger partial charge in [-0.3, -0.25) is 0 Å². The van der Waals surface area contributed by atoms with Crippen molar-refractivity contribution in [3.8, 4) is 0 Å². The smallest absolute Gasteiger partial charge is 0.262 e. The summed E-state index contributed by atoms with van der Waals surface area (Å²) in [4.78, 5) is 4.14. The fourth-order valence-corrected chi connectivity index (χ4v) is 4.80. The zero-order valence-corrected chi connectivity index (χ0v) is 13.0. The molecule has 0 amide bonds. The molecule has 0 radical (unpaired) electrons. The van der Waals surface area contributed by atoms with Crippen LogP contribution in [0.2, 0.25) is 0 Å². The molecule has 18 heavy (non-hydrogen) atoms. The van der Waals surface area contributed by atoms with E-state index in [-0.39, 0.29) is 11.1 Å². The maximum Gasteiger partial charge on any atom is 0.262 e. The van der Waals surface area contributed by atoms with Gasteiger partial charge in [-0.15, -0.1) is 0 Å². The Morgan fingerprint density at radius 1 is 1.50 bits per heavy atom. The van der Waals surface area contributed by atoms with Gasteiger partial charge in [0, 0.05) is 31.2 Å². The molecule has 1 aliphatic heterocycles. The third kappa shape index (κ3) is 2.48. The molecule has 1 aliphatic rings. The Kier molecular flexibility index (Phi) is 4.13. The Balaban J connectivity index is 2.35. The zero-order chi connectivity index (χ0) is 13.3. The van der Waals surface area contributed by atoms with Gasteiger partial charge in [0.15, 0.2) is 5.03 Å². The highest BCUT2D eigenvalue weighted by molar-refractivity contribution is 9.09. The fraction of sp³-hybridized carbons (Fsp3) is 0.727. The number of hydrogen-bond acceptors (Lipinski definition) is 3. The summed E-state index contributed by atoms with van der Waals surface area (Å²) < 4.78 is 28.4. The van der Waals surface area contributed by atoms with E-state index < -0.39 is 10.0 Å². The highest BCUT2D eigenvalue weighted by Gasteiger charge is 2.34. The molecule has 0 aromatic carbocycles. The third-order valence-corrected chi connectivity index (χ3v) is 5.98. The summed E-state index contributed by atoms with van der Waals surface area (Å²) in [6.07, 6.45) is 4.51. The monoisotopic (exact) mass is 335 g/mol. The first-order valence-electron chi connectivity index (χ1n) is 6.04. The van der Waals surface area contributed by atoms with Gasteiger partial charge in [-0.05, 0) is 19.8 Å². The normalized spacial score (nSPS) is 22.3. The Morgan fingerprint density at radius 2 is 2.22 bits per heavy atom. The summed E-state index contributed by atoms with van der Waals surface area (Å²) >= 11 is 3.40. The minimum absolute atomic E-state index is 0.0473. The van der Waals surface area contributed by atoms with Gasteiger partial charge in [0.05, 0.1) is 0 Å². The van der Waals surface area contributed by atoms with Crippen molar-refractivity contribution >= 4 is 26.0 Å². The second-order valence-corrected chi connectivity index (χ2v) is 7.14. The van der Waals surface area contributed by atoms with Gasteiger partial charge in [-0.25, -0.2) is 13.4 Å². The van der Waals surface area contributed by atoms with E-state index in [1.54, 1.807) is 29.0 Å². The summed E-state index contributed by atoms with van der Waals surface area (Å²) in [6.45, 7) is 2.39. The van der Waals surface area contributed by atoms with Crippen LogP contribution in [-0.4, -0.2) is 40.2 Å². The van der Waals surface area contributed by atoms with E-state index in [9.17, 15) is 8.42 Å². The molecular weight excluding hydrogens is 318 g/mol. The zero-order valence-electron chi connectivity index (χ0n) is 10.6. The molecule has 0 saturated carbocycles. The molecule has 1 aromatic heterocycles. The van der Waals surface area contributed by atoms with Crippen LogP contribution in [0, 0.1) is 6.92 Å². The predicted molar refractivity (Wildman–Crippen MR) is 73.3 cm³/mol. The van der Waals surface area contributed by atoms with Crippen molar-refractivity contribution < 1.29 is 8.42 Å². The molecule has 5 nitrogen and oxygen atoms in total. The lowest BCUT2D eigenvalue weighted by atomic mass is 10.1. The van der Waals surface area contributed by atoms with Gasteiger partial charge < -0.3 is 4.57 Å². The minimum Gasteiger partial charge on any atom is -0.337 e. The molecule has 0 N–H and O–H groups in total. The molecule has 0 aliphatic carbocycles. The van der Waals surface area contributed by atoms with Crippen LogP contribution in [0.1, 0.15) is 25.1 Å². The van der Waals surface area contributed by atoms with Crippen molar-refractivity contribution in [3.05, 3.63) is 12.0 Å². The van der Waals surface area contributed by atoms with Crippen LogP contribution in [0.5, 0.6) is 0 Å². The van der Waals surface area contributed by atoms with Crippen molar-refractivity contribution in [3.63, 3.8) is 0 Å². The van der Waals surface area contributed by atoms with Crippen LogP contribution in [0.25, 0.3) is 0 Å². The van der Waals surface area contributed by atoms with Crippen molar-refractivity contribution in [2.45, 2.75) is 37.3 Å². The molecule has 0 spiro atoms. The summed E-state index contributed by atoms with van der Waals surface area (Å²) in [6, 6.07) is 0.0473. The van der Waals surface area contributed by atoms with E-state index in [4.69, 9.17) is 0 Å². The van der Waals surface area contributed by atoms with Crippen LogP contribution in [-0.2, 0) is 17.1 Å². The standard InChI is InChI=1S/C11H18BrN3O2S/c1-9-13-11(8-14(9)2)18(16,17)15-6-4-3-5-10(15)7-12/h8,10H,3-7H2,1-2H3. The highest BCUT2D eigenvalue weighted by atomic mass is 79.9. The number of aryl methyl sites for hydroxylation is 2. The molecule has 1 atom stereocenters. The first-order chi connectivity index (χ1) is 8.46. The van der Waals surface area contributed by atoms with Crippen molar-refractivity contribution in [1.29, 1.82) is 0 Å². The van der Waals surface area contributed by atoms with Gasteiger partial charge in [0.25, 0.3) is 10.0 Å². The summed E-state index contributed by atoms with van der Waals surface area (Å²) in [7, 11) is -1.65. The summed E-state index contributed by atoms with van der Waals surface area (Å²) in [5, 5.41) is 0.841. The van der Waals surface area contributed by atoms with Crippen LogP contribution < -0.4 is 0 Å². The number of aromatic nitrogens is 2. The number of alkyl halides is 1. The van der Waals surface area contributed by atoms with Gasteiger partial charge >= 0.3 is 0 Å². The van der Waals surface area contributed by atoms with Gasteiger partial charge in [0.2, 0.25) is 0 Å². The second-order valence-electron chi connectivity index (χ2n) is 4.66. The van der Waals surface area contributed by atoms with E-state index in [0.717, 1.165) is 19.3 Å². The number of piperidine rings is 1. The first-order valence-corrected chi connectivity index (χ1v) is 8.60. The highest BCUT2D eigenvalue weighted by Crippen LogP contribution is 2.25. The predicted octanol–water partition coefficient (Wildman–Crippen LogP) is 1.67. The van der Waals surface area contributed by atoms with Crippen LogP contribution in [0.3, 0.4) is 0 Å². The van der Waals surface area contributed by atoms with E-state index >= 15 is 0 Å². The van der Waals surface area contributed by atoms with Crippen molar-refractivity contribution in [2.24, 2.45) is 7.05 Å². The largest absolute Gasteiger partial charge is 0.337 e. The quantitative estimate of drug-likeness (QED) is 0.789. The average molecular weight is 336 g/mol. The molecular formula is C11H18BrN3O2S. The van der Waals surface area contributed by atoms with E-state index in [1.165, 1.54) is 0 Å². The molecule has 2 rings (SSSR count). The average Bonchev–Trinajstić information content (AvgIpc) is 2.70. The number of halogens is 1. The summed E-state index contributed by atoms with van der Waals surface area (Å²) in [5.41, 5.74) is 0. The molecule has 2 heterocycles. The summed E-state index contributed by atoms with van der Waals surface area (Å²) in [5.74, 6) is 0.709. The molecule has 1 saturated heterocycles. The second kappa shape index (κ2) is 5.30. The number of hydrogen-bond donors (Lipinski definition) is 0. The number of sulfonamides is 1. The number of nitrogens with zero attached hydrogens (tertiary/aromatic N) is 3. The maximum absolute atomic E-state index is 12.6. The Morgan fingerprint density at radius 3 is 2.78 bits per heavy atom. The van der Waals surface area contributed by atoms with Crippen molar-refractivity contribution in [2.75, 3.05) is 11.9 Å². The Hall–Kier alpha value is -0.400. The lowest BCUT2D eigenvalue weighted by molar-refractivity contribution is 0.273. The van der Waals surface area contributed by atoms with Gasteiger partial charge in [0.1, 0.15) is 5.82 Å². The SMILES string of the molecule is Cc1nc(S(=O)(=O)N2CCCCC2CBr)cn1C. The maximum atomic E-state index is 12.6. The number of rotatable bonds is 3. The molecule has 1 unspecified atom stereocenters. The Labute approximate surface area is 116 Å². The lowest BCUT2D eigenvalue weighted by Gasteiger charge is -2.32. The van der Waals surface area contributed by atoms with Gasteiger partial charge in [-0.1, -0.05) is 22.4 Å². The molecule has 1 aromatic rings. The topological polar surface area (TPSA) is 55.2 Å². The first kappa shape index (κ1) is 14.0. The minimum atomic E-state index is -3.45. The molecule has 1 fully saturated rings. The fourth-order valence-electron chi connectivity index (χ4n) is 2.22.